The minimum absolute atomic E-state index is 0. The maximum absolute atomic E-state index is 12.1. The van der Waals surface area contributed by atoms with Crippen molar-refractivity contribution in [3.8, 4) is 11.4 Å². The quantitative estimate of drug-likeness (QED) is 0.744. The second-order valence-corrected chi connectivity index (χ2v) is 6.10. The van der Waals surface area contributed by atoms with E-state index in [0.29, 0.717) is 19.0 Å². The molecule has 1 heterocycles. The summed E-state index contributed by atoms with van der Waals surface area (Å²) in [4.78, 5) is 12.1. The van der Waals surface area contributed by atoms with Crippen LogP contribution in [-0.4, -0.2) is 33.9 Å². The number of aromatic nitrogens is 2. The average Bonchev–Trinajstić information content (AvgIpc) is 2.94. The molecule has 0 saturated carbocycles. The summed E-state index contributed by atoms with van der Waals surface area (Å²) in [5, 5.41) is 16.9. The fourth-order valence-electron chi connectivity index (χ4n) is 2.10. The molecule has 0 aliphatic carbocycles. The van der Waals surface area contributed by atoms with Crippen molar-refractivity contribution in [3.63, 3.8) is 0 Å². The number of nitrogens with two attached hydrogens (primary N) is 1. The molecule has 0 aliphatic rings. The van der Waals surface area contributed by atoms with Crippen molar-refractivity contribution in [1.29, 1.82) is 0 Å². The molecule has 6 nitrogen and oxygen atoms in total. The molecule has 0 spiro atoms. The van der Waals surface area contributed by atoms with Crippen LogP contribution in [0.5, 0.6) is 5.75 Å². The molecule has 1 aromatic carbocycles. The van der Waals surface area contributed by atoms with Gasteiger partial charge in [-0.25, -0.2) is 4.68 Å². The molecule has 4 N–H and O–H groups in total. The third-order valence-corrected chi connectivity index (χ3v) is 3.75. The van der Waals surface area contributed by atoms with Gasteiger partial charge in [0.25, 0.3) is 5.91 Å². The first kappa shape index (κ1) is 20.0. The lowest BCUT2D eigenvalue weighted by atomic mass is 10.0. The predicted octanol–water partition coefficient (Wildman–Crippen LogP) is 2.45. The lowest BCUT2D eigenvalue weighted by Crippen LogP contribution is -2.31. The number of carbonyl (C=O) groups is 1. The molecule has 2 rings (SSSR count). The van der Waals surface area contributed by atoms with E-state index in [9.17, 15) is 9.90 Å². The molecule has 0 fully saturated rings. The molecule has 0 aliphatic heterocycles. The van der Waals surface area contributed by atoms with E-state index in [1.807, 2.05) is 31.2 Å². The smallest absolute Gasteiger partial charge is 0.275 e. The minimum atomic E-state index is -0.402. The molecule has 0 saturated heterocycles. The highest BCUT2D eigenvalue weighted by atomic mass is 35.5. The highest BCUT2D eigenvalue weighted by Crippen LogP contribution is 2.20. The van der Waals surface area contributed by atoms with Gasteiger partial charge < -0.3 is 16.2 Å². The first-order chi connectivity index (χ1) is 10.9. The van der Waals surface area contributed by atoms with Crippen molar-refractivity contribution in [2.24, 2.45) is 11.7 Å². The van der Waals surface area contributed by atoms with Crippen molar-refractivity contribution < 1.29 is 9.90 Å². The highest BCUT2D eigenvalue weighted by Gasteiger charge is 2.17. The number of benzene rings is 1. The van der Waals surface area contributed by atoms with Crippen LogP contribution in [0, 0.1) is 5.92 Å². The summed E-state index contributed by atoms with van der Waals surface area (Å²) in [6.45, 7) is 7.13. The summed E-state index contributed by atoms with van der Waals surface area (Å²) < 4.78 is 1.50. The first-order valence-corrected chi connectivity index (χ1v) is 7.79. The molecule has 1 aromatic heterocycles. The molecular formula is C17H25ClN4O2. The van der Waals surface area contributed by atoms with Crippen LogP contribution in [-0.2, 0) is 0 Å². The van der Waals surface area contributed by atoms with E-state index in [2.05, 4.69) is 24.3 Å². The molecule has 1 atom stereocenters. The van der Waals surface area contributed by atoms with Gasteiger partial charge in [0.05, 0.1) is 11.9 Å². The van der Waals surface area contributed by atoms with E-state index in [1.165, 1.54) is 16.4 Å². The highest BCUT2D eigenvalue weighted by molar-refractivity contribution is 5.94. The number of hydrogen-bond donors (Lipinski definition) is 3. The van der Waals surface area contributed by atoms with Gasteiger partial charge in [0.2, 0.25) is 0 Å². The van der Waals surface area contributed by atoms with Gasteiger partial charge in [0.15, 0.2) is 11.4 Å². The molecule has 24 heavy (non-hydrogen) atoms. The minimum Gasteiger partial charge on any atom is -0.504 e. The van der Waals surface area contributed by atoms with Crippen LogP contribution in [0.2, 0.25) is 0 Å². The number of aromatic hydroxyl groups is 1. The van der Waals surface area contributed by atoms with Gasteiger partial charge in [0.1, 0.15) is 0 Å². The van der Waals surface area contributed by atoms with Crippen molar-refractivity contribution >= 4 is 18.3 Å². The third-order valence-electron chi connectivity index (χ3n) is 3.75. The second-order valence-electron chi connectivity index (χ2n) is 6.10. The molecule has 2 aromatic rings. The van der Waals surface area contributed by atoms with E-state index in [-0.39, 0.29) is 29.8 Å². The van der Waals surface area contributed by atoms with Gasteiger partial charge in [-0.3, -0.25) is 4.79 Å². The van der Waals surface area contributed by atoms with Gasteiger partial charge in [-0.2, -0.15) is 5.10 Å². The topological polar surface area (TPSA) is 93.2 Å². The van der Waals surface area contributed by atoms with Crippen LogP contribution in [0.15, 0.2) is 30.5 Å². The number of nitrogens with one attached hydrogen (secondary N) is 1. The van der Waals surface area contributed by atoms with E-state index < -0.39 is 5.91 Å². The Bertz CT molecular complexity index is 668. The molecule has 1 amide bonds. The maximum atomic E-state index is 12.1. The van der Waals surface area contributed by atoms with Gasteiger partial charge in [-0.1, -0.05) is 32.9 Å². The summed E-state index contributed by atoms with van der Waals surface area (Å²) in [6.07, 6.45) is 1.44. The van der Waals surface area contributed by atoms with Crippen molar-refractivity contribution in [3.05, 3.63) is 41.7 Å². The van der Waals surface area contributed by atoms with E-state index in [4.69, 9.17) is 5.73 Å². The van der Waals surface area contributed by atoms with Crippen molar-refractivity contribution in [1.82, 2.24) is 15.1 Å². The summed E-state index contributed by atoms with van der Waals surface area (Å²) in [5.74, 6) is 0.0730. The second kappa shape index (κ2) is 8.70. The number of rotatable bonds is 6. The molecule has 0 radical (unpaired) electrons. The van der Waals surface area contributed by atoms with E-state index in [1.54, 1.807) is 0 Å². The predicted molar refractivity (Wildman–Crippen MR) is 97.1 cm³/mol. The Morgan fingerprint density at radius 2 is 1.92 bits per heavy atom. The zero-order valence-electron chi connectivity index (χ0n) is 14.2. The standard InChI is InChI=1S/C17H24N4O2.ClH/c1-11(2)13-4-6-14(7-5-13)21-10-15(22)16(20-21)17(23)19-9-12(3)8-18;/h4-7,10-12,22H,8-9,18H2,1-3H3,(H,19,23);1H. The SMILES string of the molecule is CC(CN)CNC(=O)c1nn(-c2ccc(C(C)C)cc2)cc1O.Cl. The van der Waals surface area contributed by atoms with Crippen molar-refractivity contribution in [2.75, 3.05) is 13.1 Å². The molecule has 0 bridgehead atoms. The molecular weight excluding hydrogens is 328 g/mol. The number of amides is 1. The van der Waals surface area contributed by atoms with Gasteiger partial charge >= 0.3 is 0 Å². The normalized spacial score (nSPS) is 11.9. The largest absolute Gasteiger partial charge is 0.504 e. The Labute approximate surface area is 148 Å². The average molecular weight is 353 g/mol. The van der Waals surface area contributed by atoms with Crippen LogP contribution in [0.25, 0.3) is 5.69 Å². The summed E-state index contributed by atoms with van der Waals surface area (Å²) >= 11 is 0. The fourth-order valence-corrected chi connectivity index (χ4v) is 2.10. The van der Waals surface area contributed by atoms with Gasteiger partial charge in [-0.05, 0) is 36.1 Å². The number of halogens is 1. The van der Waals surface area contributed by atoms with E-state index in [0.717, 1.165) is 5.69 Å². The molecule has 132 valence electrons. The van der Waals surface area contributed by atoms with E-state index >= 15 is 0 Å². The van der Waals surface area contributed by atoms with Crippen LogP contribution in [0.3, 0.4) is 0 Å². The fraction of sp³-hybridized carbons (Fsp3) is 0.412. The Hall–Kier alpha value is -2.05. The van der Waals surface area contributed by atoms with Crippen molar-refractivity contribution in [2.45, 2.75) is 26.7 Å². The monoisotopic (exact) mass is 352 g/mol. The lowest BCUT2D eigenvalue weighted by Gasteiger charge is -2.09. The van der Waals surface area contributed by atoms with Gasteiger partial charge in [0, 0.05) is 6.54 Å². The number of hydrogen-bond acceptors (Lipinski definition) is 4. The zero-order chi connectivity index (χ0) is 17.0. The summed E-state index contributed by atoms with van der Waals surface area (Å²) in [5.41, 5.74) is 7.55. The lowest BCUT2D eigenvalue weighted by molar-refractivity contribution is 0.0940. The zero-order valence-corrected chi connectivity index (χ0v) is 15.0. The van der Waals surface area contributed by atoms with Crippen LogP contribution in [0.4, 0.5) is 0 Å². The maximum Gasteiger partial charge on any atom is 0.275 e. The Morgan fingerprint density at radius 1 is 1.29 bits per heavy atom. The Morgan fingerprint density at radius 3 is 2.46 bits per heavy atom. The van der Waals surface area contributed by atoms with Crippen LogP contribution in [0.1, 0.15) is 42.7 Å². The van der Waals surface area contributed by atoms with Crippen LogP contribution < -0.4 is 11.1 Å². The Kier molecular flexibility index (Phi) is 7.25. The molecule has 1 unspecified atom stereocenters. The number of carbonyl (C=O) groups excluding carboxylic acids is 1. The van der Waals surface area contributed by atoms with Gasteiger partial charge in [-0.15, -0.1) is 12.4 Å². The Balaban J connectivity index is 0.00000288. The van der Waals surface area contributed by atoms with Crippen LogP contribution >= 0.6 is 12.4 Å². The summed E-state index contributed by atoms with van der Waals surface area (Å²) in [7, 11) is 0. The third kappa shape index (κ3) is 4.72. The first-order valence-electron chi connectivity index (χ1n) is 7.79. The summed E-state index contributed by atoms with van der Waals surface area (Å²) in [6, 6.07) is 7.86. The number of nitrogens with zero attached hydrogens (tertiary/aromatic N) is 2. The molecule has 7 heteroatoms.